The summed E-state index contributed by atoms with van der Waals surface area (Å²) in [5, 5.41) is 0.812. The molecule has 2 nitrogen and oxygen atoms in total. The highest BCUT2D eigenvalue weighted by Gasteiger charge is 2.12. The first-order valence-electron chi connectivity index (χ1n) is 4.99. The van der Waals surface area contributed by atoms with Crippen LogP contribution in [0.4, 0.5) is 0 Å². The van der Waals surface area contributed by atoms with Crippen LogP contribution in [-0.2, 0) is 0 Å². The van der Waals surface area contributed by atoms with Crippen LogP contribution in [0.5, 0.6) is 5.75 Å². The second kappa shape index (κ2) is 5.61. The molecule has 0 aliphatic heterocycles. The van der Waals surface area contributed by atoms with Crippen molar-refractivity contribution in [3.05, 3.63) is 63.1 Å². The fraction of sp³-hybridized carbons (Fsp3) is 0. The lowest BCUT2D eigenvalue weighted by Gasteiger charge is -2.07. The lowest BCUT2D eigenvalue weighted by atomic mass is 10.2. The summed E-state index contributed by atoms with van der Waals surface area (Å²) in [5.41, 5.74) is 0.430. The number of rotatable bonds is 2. The normalized spacial score (nSPS) is 10.2. The molecule has 2 rings (SSSR count). The molecule has 0 spiro atoms. The van der Waals surface area contributed by atoms with Gasteiger partial charge < -0.3 is 4.74 Å². The van der Waals surface area contributed by atoms with Crippen LogP contribution in [0.2, 0.25) is 15.1 Å². The van der Waals surface area contributed by atoms with Crippen LogP contribution in [0, 0.1) is 0 Å². The average Bonchev–Trinajstić information content (AvgIpc) is 2.37. The smallest absolute Gasteiger partial charge is 0.343 e. The standard InChI is InChI=1S/C13H7Cl3O2/c14-9-6-11(16)12(7-10(9)15)18-13(17)8-4-2-1-3-5-8/h1-7H. The molecule has 0 unspecified atom stereocenters. The van der Waals surface area contributed by atoms with Gasteiger partial charge in [0.2, 0.25) is 0 Å². The van der Waals surface area contributed by atoms with Gasteiger partial charge in [-0.25, -0.2) is 4.79 Å². The van der Waals surface area contributed by atoms with E-state index in [4.69, 9.17) is 39.5 Å². The summed E-state index contributed by atoms with van der Waals surface area (Å²) >= 11 is 17.5. The molecule has 0 atom stereocenters. The SMILES string of the molecule is O=C(Oc1cc(Cl)c(Cl)cc1Cl)c1ccccc1. The Bertz CT molecular complexity index is 582. The minimum atomic E-state index is -0.504. The van der Waals surface area contributed by atoms with Crippen molar-refractivity contribution in [3.63, 3.8) is 0 Å². The van der Waals surface area contributed by atoms with E-state index >= 15 is 0 Å². The Morgan fingerprint density at radius 2 is 1.50 bits per heavy atom. The third-order valence-electron chi connectivity index (χ3n) is 2.19. The van der Waals surface area contributed by atoms with Crippen LogP contribution in [0.25, 0.3) is 0 Å². The highest BCUT2D eigenvalue weighted by Crippen LogP contribution is 2.34. The minimum absolute atomic E-state index is 0.180. The topological polar surface area (TPSA) is 26.3 Å². The van der Waals surface area contributed by atoms with E-state index in [0.29, 0.717) is 10.6 Å². The maximum Gasteiger partial charge on any atom is 0.343 e. The van der Waals surface area contributed by atoms with E-state index in [0.717, 1.165) is 0 Å². The van der Waals surface area contributed by atoms with E-state index in [9.17, 15) is 4.79 Å². The first-order valence-corrected chi connectivity index (χ1v) is 6.13. The van der Waals surface area contributed by atoms with Crippen molar-refractivity contribution in [2.75, 3.05) is 0 Å². The zero-order valence-electron chi connectivity index (χ0n) is 8.99. The molecule has 0 aliphatic rings. The van der Waals surface area contributed by atoms with Crippen LogP contribution >= 0.6 is 34.8 Å². The molecule has 0 saturated carbocycles. The molecule has 0 radical (unpaired) electrons. The molecule has 18 heavy (non-hydrogen) atoms. The van der Waals surface area contributed by atoms with Gasteiger partial charge in [0.1, 0.15) is 0 Å². The summed E-state index contributed by atoms with van der Waals surface area (Å²) in [6.45, 7) is 0. The third kappa shape index (κ3) is 2.96. The minimum Gasteiger partial charge on any atom is -0.421 e. The molecule has 0 aliphatic carbocycles. The summed E-state index contributed by atoms with van der Waals surface area (Å²) in [4.78, 5) is 11.8. The second-order valence-corrected chi connectivity index (χ2v) is 4.67. The summed E-state index contributed by atoms with van der Waals surface area (Å²) < 4.78 is 5.15. The van der Waals surface area contributed by atoms with E-state index in [-0.39, 0.29) is 15.8 Å². The van der Waals surface area contributed by atoms with Gasteiger partial charge in [-0.3, -0.25) is 0 Å². The fourth-order valence-electron chi connectivity index (χ4n) is 1.32. The highest BCUT2D eigenvalue weighted by atomic mass is 35.5. The van der Waals surface area contributed by atoms with E-state index in [1.807, 2.05) is 6.07 Å². The maximum atomic E-state index is 11.8. The fourth-order valence-corrected chi connectivity index (χ4v) is 1.89. The Hall–Kier alpha value is -1.22. The van der Waals surface area contributed by atoms with Crippen molar-refractivity contribution in [1.29, 1.82) is 0 Å². The van der Waals surface area contributed by atoms with E-state index in [1.165, 1.54) is 12.1 Å². The van der Waals surface area contributed by atoms with Crippen molar-refractivity contribution in [2.24, 2.45) is 0 Å². The molecule has 92 valence electrons. The molecule has 0 aromatic heterocycles. The molecule has 0 N–H and O–H groups in total. The molecular formula is C13H7Cl3O2. The lowest BCUT2D eigenvalue weighted by molar-refractivity contribution is 0.0735. The van der Waals surface area contributed by atoms with Crippen LogP contribution < -0.4 is 4.74 Å². The predicted octanol–water partition coefficient (Wildman–Crippen LogP) is 4.87. The number of hydrogen-bond donors (Lipinski definition) is 0. The molecule has 2 aromatic rings. The Balaban J connectivity index is 2.25. The Morgan fingerprint density at radius 1 is 0.889 bits per heavy atom. The summed E-state index contributed by atoms with van der Waals surface area (Å²) in [7, 11) is 0. The number of carbonyl (C=O) groups excluding carboxylic acids is 1. The highest BCUT2D eigenvalue weighted by molar-refractivity contribution is 6.43. The molecule has 0 bridgehead atoms. The van der Waals surface area contributed by atoms with Gasteiger partial charge in [-0.1, -0.05) is 53.0 Å². The molecule has 0 saturated heterocycles. The van der Waals surface area contributed by atoms with Gasteiger partial charge in [0.25, 0.3) is 0 Å². The van der Waals surface area contributed by atoms with Crippen molar-refractivity contribution in [1.82, 2.24) is 0 Å². The zero-order chi connectivity index (χ0) is 13.1. The van der Waals surface area contributed by atoms with E-state index in [1.54, 1.807) is 24.3 Å². The molecule has 0 heterocycles. The lowest BCUT2D eigenvalue weighted by Crippen LogP contribution is -2.08. The number of hydrogen-bond acceptors (Lipinski definition) is 2. The van der Waals surface area contributed by atoms with Gasteiger partial charge in [-0.05, 0) is 18.2 Å². The van der Waals surface area contributed by atoms with Crippen molar-refractivity contribution in [2.45, 2.75) is 0 Å². The van der Waals surface area contributed by atoms with Gasteiger partial charge in [0.15, 0.2) is 5.75 Å². The first kappa shape index (κ1) is 13.2. The summed E-state index contributed by atoms with van der Waals surface area (Å²) in [5.74, 6) is -0.323. The largest absolute Gasteiger partial charge is 0.421 e. The van der Waals surface area contributed by atoms with Crippen LogP contribution in [0.1, 0.15) is 10.4 Å². The van der Waals surface area contributed by atoms with Gasteiger partial charge in [-0.2, -0.15) is 0 Å². The Kier molecular flexibility index (Phi) is 4.12. The van der Waals surface area contributed by atoms with Crippen molar-refractivity contribution < 1.29 is 9.53 Å². The van der Waals surface area contributed by atoms with Gasteiger partial charge in [-0.15, -0.1) is 0 Å². The molecule has 5 heteroatoms. The van der Waals surface area contributed by atoms with Crippen LogP contribution in [0.15, 0.2) is 42.5 Å². The Morgan fingerprint density at radius 3 is 2.17 bits per heavy atom. The van der Waals surface area contributed by atoms with Crippen LogP contribution in [0.3, 0.4) is 0 Å². The van der Waals surface area contributed by atoms with Gasteiger partial charge in [0.05, 0.1) is 20.6 Å². The summed E-state index contributed by atoms with van der Waals surface area (Å²) in [6.07, 6.45) is 0. The number of benzene rings is 2. The van der Waals surface area contributed by atoms with E-state index < -0.39 is 5.97 Å². The number of halogens is 3. The monoisotopic (exact) mass is 300 g/mol. The van der Waals surface area contributed by atoms with Crippen molar-refractivity contribution in [3.8, 4) is 5.75 Å². The second-order valence-electron chi connectivity index (χ2n) is 3.45. The molecule has 0 fully saturated rings. The summed E-state index contributed by atoms with van der Waals surface area (Å²) in [6, 6.07) is 11.4. The Labute approximate surface area is 119 Å². The molecule has 0 amide bonds. The van der Waals surface area contributed by atoms with Crippen LogP contribution in [-0.4, -0.2) is 5.97 Å². The number of carbonyl (C=O) groups is 1. The molecule has 2 aromatic carbocycles. The maximum absolute atomic E-state index is 11.8. The van der Waals surface area contributed by atoms with Gasteiger partial charge >= 0.3 is 5.97 Å². The molecular weight excluding hydrogens is 295 g/mol. The zero-order valence-corrected chi connectivity index (χ0v) is 11.3. The van der Waals surface area contributed by atoms with Gasteiger partial charge in [0, 0.05) is 6.07 Å². The number of esters is 1. The quantitative estimate of drug-likeness (QED) is 0.449. The van der Waals surface area contributed by atoms with Crippen molar-refractivity contribution >= 4 is 40.8 Å². The first-order chi connectivity index (χ1) is 8.58. The third-order valence-corrected chi connectivity index (χ3v) is 3.20. The van der Waals surface area contributed by atoms with E-state index in [2.05, 4.69) is 0 Å². The average molecular weight is 302 g/mol. The number of ether oxygens (including phenoxy) is 1. The predicted molar refractivity (Wildman–Crippen MR) is 72.9 cm³/mol.